The van der Waals surface area contributed by atoms with Gasteiger partial charge in [0.05, 0.1) is 6.04 Å². The van der Waals surface area contributed by atoms with Crippen molar-refractivity contribution in [3.05, 3.63) is 34.9 Å². The highest BCUT2D eigenvalue weighted by molar-refractivity contribution is 6.31. The lowest BCUT2D eigenvalue weighted by Gasteiger charge is -2.19. The van der Waals surface area contributed by atoms with E-state index in [2.05, 4.69) is 5.32 Å². The van der Waals surface area contributed by atoms with Crippen molar-refractivity contribution in [3.8, 4) is 0 Å². The monoisotopic (exact) mass is 296 g/mol. The minimum absolute atomic E-state index is 0.00122. The van der Waals surface area contributed by atoms with Gasteiger partial charge in [-0.2, -0.15) is 0 Å². The minimum Gasteiger partial charge on any atom is -0.349 e. The summed E-state index contributed by atoms with van der Waals surface area (Å²) in [5.74, 6) is 0.0702. The van der Waals surface area contributed by atoms with E-state index >= 15 is 0 Å². The SMILES string of the molecule is CC(N)CCCC(C)C(=O)N[C@@H](C)c1ccccc1Cl. The summed E-state index contributed by atoms with van der Waals surface area (Å²) in [5.41, 5.74) is 6.66. The molecule has 3 N–H and O–H groups in total. The van der Waals surface area contributed by atoms with Gasteiger partial charge in [0.1, 0.15) is 0 Å². The predicted octanol–water partition coefficient (Wildman–Crippen LogP) is 3.67. The highest BCUT2D eigenvalue weighted by Gasteiger charge is 2.17. The molecule has 3 atom stereocenters. The van der Waals surface area contributed by atoms with Crippen LogP contribution in [-0.2, 0) is 4.79 Å². The van der Waals surface area contributed by atoms with Crippen LogP contribution in [-0.4, -0.2) is 11.9 Å². The van der Waals surface area contributed by atoms with E-state index in [-0.39, 0.29) is 23.9 Å². The van der Waals surface area contributed by atoms with Gasteiger partial charge < -0.3 is 11.1 Å². The van der Waals surface area contributed by atoms with Crippen LogP contribution in [0.1, 0.15) is 51.6 Å². The first-order chi connectivity index (χ1) is 9.41. The smallest absolute Gasteiger partial charge is 0.223 e. The number of hydrogen-bond acceptors (Lipinski definition) is 2. The van der Waals surface area contributed by atoms with Crippen LogP contribution in [0.15, 0.2) is 24.3 Å². The molecular weight excluding hydrogens is 272 g/mol. The summed E-state index contributed by atoms with van der Waals surface area (Å²) in [6.07, 6.45) is 2.80. The van der Waals surface area contributed by atoms with E-state index in [0.29, 0.717) is 5.02 Å². The quantitative estimate of drug-likeness (QED) is 0.806. The van der Waals surface area contributed by atoms with Crippen molar-refractivity contribution < 1.29 is 4.79 Å². The van der Waals surface area contributed by atoms with Gasteiger partial charge in [-0.1, -0.05) is 43.1 Å². The van der Waals surface area contributed by atoms with Gasteiger partial charge in [0, 0.05) is 17.0 Å². The minimum atomic E-state index is -0.0768. The Hall–Kier alpha value is -1.06. The average molecular weight is 297 g/mol. The van der Waals surface area contributed by atoms with Crippen LogP contribution < -0.4 is 11.1 Å². The first-order valence-electron chi connectivity index (χ1n) is 7.22. The first-order valence-corrected chi connectivity index (χ1v) is 7.60. The van der Waals surface area contributed by atoms with Crippen molar-refractivity contribution >= 4 is 17.5 Å². The molecule has 0 aromatic heterocycles. The van der Waals surface area contributed by atoms with Crippen LogP contribution in [0.2, 0.25) is 5.02 Å². The average Bonchev–Trinajstić information content (AvgIpc) is 2.38. The Morgan fingerprint density at radius 1 is 1.25 bits per heavy atom. The van der Waals surface area contributed by atoms with E-state index in [9.17, 15) is 4.79 Å². The summed E-state index contributed by atoms with van der Waals surface area (Å²) in [6, 6.07) is 7.71. The zero-order valence-electron chi connectivity index (χ0n) is 12.5. The number of hydrogen-bond donors (Lipinski definition) is 2. The van der Waals surface area contributed by atoms with Crippen LogP contribution >= 0.6 is 11.6 Å². The number of nitrogens with two attached hydrogens (primary N) is 1. The molecule has 0 spiro atoms. The molecule has 1 rings (SSSR count). The number of carbonyl (C=O) groups excluding carboxylic acids is 1. The molecule has 0 bridgehead atoms. The second-order valence-electron chi connectivity index (χ2n) is 5.56. The third-order valence-corrected chi connectivity index (χ3v) is 3.82. The Kier molecular flexibility index (Phi) is 7.03. The predicted molar refractivity (Wildman–Crippen MR) is 84.7 cm³/mol. The lowest BCUT2D eigenvalue weighted by Crippen LogP contribution is -2.31. The maximum absolute atomic E-state index is 12.1. The summed E-state index contributed by atoms with van der Waals surface area (Å²) >= 11 is 6.14. The van der Waals surface area contributed by atoms with Crippen LogP contribution in [0, 0.1) is 5.92 Å². The molecule has 0 saturated carbocycles. The Morgan fingerprint density at radius 3 is 2.50 bits per heavy atom. The van der Waals surface area contributed by atoms with Crippen LogP contribution in [0.3, 0.4) is 0 Å². The largest absolute Gasteiger partial charge is 0.349 e. The third kappa shape index (κ3) is 5.51. The molecule has 20 heavy (non-hydrogen) atoms. The zero-order valence-corrected chi connectivity index (χ0v) is 13.3. The molecule has 112 valence electrons. The normalized spacial score (nSPS) is 15.4. The highest BCUT2D eigenvalue weighted by atomic mass is 35.5. The fourth-order valence-electron chi connectivity index (χ4n) is 2.14. The van der Waals surface area contributed by atoms with Gasteiger partial charge >= 0.3 is 0 Å². The maximum Gasteiger partial charge on any atom is 0.223 e. The van der Waals surface area contributed by atoms with Gasteiger partial charge in [0.25, 0.3) is 0 Å². The molecule has 1 aromatic carbocycles. The number of benzene rings is 1. The zero-order chi connectivity index (χ0) is 15.1. The van der Waals surface area contributed by atoms with Crippen molar-refractivity contribution in [2.75, 3.05) is 0 Å². The summed E-state index contributed by atoms with van der Waals surface area (Å²) < 4.78 is 0. The number of carbonyl (C=O) groups is 1. The van der Waals surface area contributed by atoms with Crippen LogP contribution in [0.4, 0.5) is 0 Å². The van der Waals surface area contributed by atoms with Crippen molar-refractivity contribution in [2.24, 2.45) is 11.7 Å². The second kappa shape index (κ2) is 8.28. The molecule has 0 fully saturated rings. The highest BCUT2D eigenvalue weighted by Crippen LogP contribution is 2.22. The fourth-order valence-corrected chi connectivity index (χ4v) is 2.44. The Balaban J connectivity index is 2.47. The van der Waals surface area contributed by atoms with Gasteiger partial charge in [0.15, 0.2) is 0 Å². The van der Waals surface area contributed by atoms with E-state index in [0.717, 1.165) is 24.8 Å². The maximum atomic E-state index is 12.1. The van der Waals surface area contributed by atoms with Gasteiger partial charge in [-0.15, -0.1) is 0 Å². The number of rotatable bonds is 7. The Bertz CT molecular complexity index is 434. The third-order valence-electron chi connectivity index (χ3n) is 3.47. The molecule has 0 radical (unpaired) electrons. The summed E-state index contributed by atoms with van der Waals surface area (Å²) in [7, 11) is 0. The molecule has 0 aliphatic heterocycles. The fraction of sp³-hybridized carbons (Fsp3) is 0.562. The van der Waals surface area contributed by atoms with E-state index in [1.165, 1.54) is 0 Å². The number of halogens is 1. The molecule has 0 aliphatic carbocycles. The van der Waals surface area contributed by atoms with E-state index < -0.39 is 0 Å². The lowest BCUT2D eigenvalue weighted by molar-refractivity contribution is -0.125. The summed E-state index contributed by atoms with van der Waals surface area (Å²) in [4.78, 5) is 12.1. The lowest BCUT2D eigenvalue weighted by atomic mass is 10.0. The first kappa shape index (κ1) is 17.0. The van der Waals surface area contributed by atoms with Crippen molar-refractivity contribution in [1.82, 2.24) is 5.32 Å². The van der Waals surface area contributed by atoms with Crippen molar-refractivity contribution in [2.45, 2.75) is 52.1 Å². The molecule has 1 aromatic rings. The number of nitrogens with one attached hydrogen (secondary N) is 1. The van der Waals surface area contributed by atoms with Gasteiger partial charge in [-0.25, -0.2) is 0 Å². The molecular formula is C16H25ClN2O. The van der Waals surface area contributed by atoms with E-state index in [1.807, 2.05) is 45.0 Å². The van der Waals surface area contributed by atoms with Gasteiger partial charge in [-0.3, -0.25) is 4.79 Å². The van der Waals surface area contributed by atoms with Gasteiger partial charge in [-0.05, 0) is 38.3 Å². The molecule has 2 unspecified atom stereocenters. The topological polar surface area (TPSA) is 55.1 Å². The molecule has 4 heteroatoms. The van der Waals surface area contributed by atoms with Crippen LogP contribution in [0.5, 0.6) is 0 Å². The van der Waals surface area contributed by atoms with Crippen LogP contribution in [0.25, 0.3) is 0 Å². The van der Waals surface area contributed by atoms with E-state index in [1.54, 1.807) is 0 Å². The van der Waals surface area contributed by atoms with E-state index in [4.69, 9.17) is 17.3 Å². The summed E-state index contributed by atoms with van der Waals surface area (Å²) in [5, 5.41) is 3.71. The molecule has 1 amide bonds. The Labute approximate surface area is 126 Å². The number of amides is 1. The molecule has 0 aliphatic rings. The van der Waals surface area contributed by atoms with Crippen molar-refractivity contribution in [1.29, 1.82) is 0 Å². The van der Waals surface area contributed by atoms with Gasteiger partial charge in [0.2, 0.25) is 5.91 Å². The molecule has 0 saturated heterocycles. The van der Waals surface area contributed by atoms with Crippen molar-refractivity contribution in [3.63, 3.8) is 0 Å². The summed E-state index contributed by atoms with van der Waals surface area (Å²) in [6.45, 7) is 5.90. The standard InChI is InChI=1S/C16H25ClN2O/c1-11(7-6-8-12(2)18)16(20)19-13(3)14-9-4-5-10-15(14)17/h4-5,9-13H,6-8,18H2,1-3H3,(H,19,20)/t11?,12?,13-/m0/s1. The Morgan fingerprint density at radius 2 is 1.90 bits per heavy atom. The molecule has 0 heterocycles. The second-order valence-corrected chi connectivity index (χ2v) is 5.97. The molecule has 3 nitrogen and oxygen atoms in total.